The van der Waals surface area contributed by atoms with E-state index < -0.39 is 0 Å². The maximum Gasteiger partial charge on any atom is 0.0559 e. The highest BCUT2D eigenvalue weighted by molar-refractivity contribution is 5.49. The third-order valence-corrected chi connectivity index (χ3v) is 0.975. The van der Waals surface area contributed by atoms with E-state index in [0.717, 1.165) is 5.56 Å². The molecule has 0 saturated heterocycles. The molecule has 0 aliphatic carbocycles. The zero-order valence-electron chi connectivity index (χ0n) is 5.68. The lowest BCUT2D eigenvalue weighted by Gasteiger charge is -1.83. The third-order valence-electron chi connectivity index (χ3n) is 0.975. The fourth-order valence-electron chi connectivity index (χ4n) is 0.673. The molecule has 0 bridgehead atoms. The average molecular weight is 122 g/mol. The van der Waals surface area contributed by atoms with E-state index in [0.29, 0.717) is 0 Å². The van der Waals surface area contributed by atoms with Crippen LogP contribution >= 0.6 is 0 Å². The maximum atomic E-state index is 3.81. The smallest absolute Gasteiger partial charge is 0.0559 e. The summed E-state index contributed by atoms with van der Waals surface area (Å²) in [5.74, 6) is 0. The monoisotopic (exact) mass is 122 g/mol. The highest BCUT2D eigenvalue weighted by Crippen LogP contribution is 2.01. The van der Waals surface area contributed by atoms with E-state index in [9.17, 15) is 0 Å². The summed E-state index contributed by atoms with van der Waals surface area (Å²) in [5, 5.41) is 6.55. The van der Waals surface area contributed by atoms with Gasteiger partial charge in [0.2, 0.25) is 0 Å². The van der Waals surface area contributed by atoms with Gasteiger partial charge in [-0.25, -0.2) is 0 Å². The summed E-state index contributed by atoms with van der Waals surface area (Å²) in [5.41, 5.74) is 2.42. The highest BCUT2D eigenvalue weighted by Gasteiger charge is 1.84. The molecule has 1 aromatic rings. The van der Waals surface area contributed by atoms with Crippen molar-refractivity contribution in [3.8, 4) is 0 Å². The number of hydrogen-bond donors (Lipinski definition) is 1. The van der Waals surface area contributed by atoms with Crippen molar-refractivity contribution in [1.29, 1.82) is 0 Å². The van der Waals surface area contributed by atoms with Gasteiger partial charge < -0.3 is 0 Å². The summed E-state index contributed by atoms with van der Waals surface area (Å²) in [7, 11) is 0. The van der Waals surface area contributed by atoms with Crippen molar-refractivity contribution in [2.75, 3.05) is 0 Å². The summed E-state index contributed by atoms with van der Waals surface area (Å²) in [6, 6.07) is 0. The van der Waals surface area contributed by atoms with Gasteiger partial charge in [0.15, 0.2) is 0 Å². The number of allylic oxidation sites excluding steroid dienone is 1. The molecule has 0 aliphatic rings. The Labute approximate surface area is 54.6 Å². The molecule has 0 radical (unpaired) electrons. The van der Waals surface area contributed by atoms with Gasteiger partial charge in [0.1, 0.15) is 0 Å². The highest BCUT2D eigenvalue weighted by atomic mass is 15.1. The Hall–Kier alpha value is -1.05. The molecule has 0 spiro atoms. The predicted octanol–water partition coefficient (Wildman–Crippen LogP) is 1.83. The van der Waals surface area contributed by atoms with E-state index in [1.807, 2.05) is 6.20 Å². The summed E-state index contributed by atoms with van der Waals surface area (Å²) >= 11 is 0. The van der Waals surface area contributed by atoms with Crippen LogP contribution in [0, 0.1) is 0 Å². The summed E-state index contributed by atoms with van der Waals surface area (Å²) < 4.78 is 0. The van der Waals surface area contributed by atoms with Crippen molar-refractivity contribution >= 4 is 6.08 Å². The third kappa shape index (κ3) is 1.72. The van der Waals surface area contributed by atoms with Crippen LogP contribution in [-0.4, -0.2) is 10.2 Å². The number of aromatic amines is 1. The van der Waals surface area contributed by atoms with Crippen LogP contribution in [-0.2, 0) is 0 Å². The minimum Gasteiger partial charge on any atom is -0.285 e. The Balaban J connectivity index is 2.80. The van der Waals surface area contributed by atoms with Gasteiger partial charge >= 0.3 is 0 Å². The molecule has 0 saturated carbocycles. The lowest BCUT2D eigenvalue weighted by molar-refractivity contribution is 1.09. The lowest BCUT2D eigenvalue weighted by atomic mass is 10.2. The number of H-pyrrole nitrogens is 1. The number of hydrogen-bond acceptors (Lipinski definition) is 1. The lowest BCUT2D eigenvalue weighted by Crippen LogP contribution is -1.63. The minimum atomic E-state index is 1.13. The summed E-state index contributed by atoms with van der Waals surface area (Å²) in [6.45, 7) is 4.12. The first-order valence-electron chi connectivity index (χ1n) is 2.93. The average Bonchev–Trinajstić information content (AvgIpc) is 2.15. The van der Waals surface area contributed by atoms with Crippen molar-refractivity contribution in [1.82, 2.24) is 10.2 Å². The van der Waals surface area contributed by atoms with Gasteiger partial charge in [-0.15, -0.1) is 0 Å². The van der Waals surface area contributed by atoms with E-state index in [2.05, 4.69) is 30.1 Å². The number of rotatable bonds is 1. The molecule has 0 amide bonds. The van der Waals surface area contributed by atoms with Crippen LogP contribution in [0.25, 0.3) is 6.08 Å². The number of aromatic nitrogens is 2. The summed E-state index contributed by atoms with van der Waals surface area (Å²) in [4.78, 5) is 0. The van der Waals surface area contributed by atoms with Crippen LogP contribution in [0.4, 0.5) is 0 Å². The molecular weight excluding hydrogens is 112 g/mol. The molecule has 1 aromatic heterocycles. The quantitative estimate of drug-likeness (QED) is 0.604. The van der Waals surface area contributed by atoms with Crippen LogP contribution in [0.15, 0.2) is 18.0 Å². The van der Waals surface area contributed by atoms with Gasteiger partial charge in [0.25, 0.3) is 0 Å². The van der Waals surface area contributed by atoms with Gasteiger partial charge in [0, 0.05) is 11.8 Å². The molecule has 2 heteroatoms. The number of nitrogens with zero attached hydrogens (tertiary/aromatic N) is 1. The zero-order chi connectivity index (χ0) is 6.69. The van der Waals surface area contributed by atoms with Gasteiger partial charge in [-0.2, -0.15) is 5.10 Å². The molecule has 2 nitrogen and oxygen atoms in total. The van der Waals surface area contributed by atoms with Gasteiger partial charge in [-0.3, -0.25) is 5.10 Å². The van der Waals surface area contributed by atoms with Crippen LogP contribution < -0.4 is 0 Å². The first-order valence-corrected chi connectivity index (χ1v) is 2.93. The van der Waals surface area contributed by atoms with Crippen molar-refractivity contribution in [2.24, 2.45) is 0 Å². The van der Waals surface area contributed by atoms with E-state index in [4.69, 9.17) is 0 Å². The van der Waals surface area contributed by atoms with Crippen LogP contribution in [0.2, 0.25) is 0 Å². The van der Waals surface area contributed by atoms with Gasteiger partial charge in [-0.05, 0) is 13.8 Å². The minimum absolute atomic E-state index is 1.13. The molecule has 1 heterocycles. The maximum absolute atomic E-state index is 3.81. The van der Waals surface area contributed by atoms with Gasteiger partial charge in [0.05, 0.1) is 6.20 Å². The van der Waals surface area contributed by atoms with Crippen LogP contribution in [0.5, 0.6) is 0 Å². The topological polar surface area (TPSA) is 28.7 Å². The Kier molecular flexibility index (Phi) is 1.68. The Morgan fingerprint density at radius 2 is 2.44 bits per heavy atom. The fourth-order valence-corrected chi connectivity index (χ4v) is 0.673. The van der Waals surface area contributed by atoms with E-state index in [1.54, 1.807) is 6.20 Å². The Morgan fingerprint density at radius 1 is 1.67 bits per heavy atom. The van der Waals surface area contributed by atoms with Crippen molar-refractivity contribution in [3.05, 3.63) is 23.5 Å². The first-order chi connectivity index (χ1) is 4.29. The largest absolute Gasteiger partial charge is 0.285 e. The fraction of sp³-hybridized carbons (Fsp3) is 0.286. The van der Waals surface area contributed by atoms with Crippen molar-refractivity contribution in [2.45, 2.75) is 13.8 Å². The molecule has 0 atom stereocenters. The van der Waals surface area contributed by atoms with E-state index in [-0.39, 0.29) is 0 Å². The molecule has 0 aliphatic heterocycles. The summed E-state index contributed by atoms with van der Waals surface area (Å²) in [6.07, 6.45) is 5.74. The molecule has 1 N–H and O–H groups in total. The second-order valence-corrected chi connectivity index (χ2v) is 2.25. The number of nitrogens with one attached hydrogen (secondary N) is 1. The molecule has 0 aromatic carbocycles. The van der Waals surface area contributed by atoms with Crippen molar-refractivity contribution in [3.63, 3.8) is 0 Å². The molecule has 1 rings (SSSR count). The van der Waals surface area contributed by atoms with E-state index >= 15 is 0 Å². The zero-order valence-corrected chi connectivity index (χ0v) is 5.68. The first kappa shape index (κ1) is 6.08. The SMILES string of the molecule is CC(C)=Cc1cn[nH]c1. The molecule has 9 heavy (non-hydrogen) atoms. The second kappa shape index (κ2) is 2.49. The van der Waals surface area contributed by atoms with Crippen LogP contribution in [0.3, 0.4) is 0 Å². The Bertz CT molecular complexity index is 193. The molecule has 0 fully saturated rings. The Morgan fingerprint density at radius 3 is 2.89 bits per heavy atom. The standard InChI is InChI=1S/C7H10N2/c1-6(2)3-7-4-8-9-5-7/h3-5H,1-2H3,(H,8,9). The molecular formula is C7H10N2. The predicted molar refractivity (Wildman–Crippen MR) is 37.9 cm³/mol. The normalized spacial score (nSPS) is 9.11. The second-order valence-electron chi connectivity index (χ2n) is 2.25. The molecule has 48 valence electrons. The molecule has 0 unspecified atom stereocenters. The van der Waals surface area contributed by atoms with Gasteiger partial charge in [-0.1, -0.05) is 11.6 Å². The van der Waals surface area contributed by atoms with Crippen molar-refractivity contribution < 1.29 is 0 Å². The van der Waals surface area contributed by atoms with E-state index in [1.165, 1.54) is 5.57 Å². The van der Waals surface area contributed by atoms with Crippen LogP contribution in [0.1, 0.15) is 19.4 Å².